The van der Waals surface area contributed by atoms with E-state index in [-0.39, 0.29) is 5.91 Å². The normalized spacial score (nSPS) is 10.9. The first-order chi connectivity index (χ1) is 14.0. The number of hydrazone groups is 1. The number of nitrogens with zero attached hydrogens (tertiary/aromatic N) is 2. The van der Waals surface area contributed by atoms with Crippen LogP contribution in [0, 0.1) is 6.92 Å². The third-order valence-corrected chi connectivity index (χ3v) is 5.41. The van der Waals surface area contributed by atoms with Crippen LogP contribution >= 0.6 is 27.3 Å². The van der Waals surface area contributed by atoms with Crippen LogP contribution in [0.5, 0.6) is 11.5 Å². The van der Waals surface area contributed by atoms with Crippen LogP contribution in [0.1, 0.15) is 26.5 Å². The van der Waals surface area contributed by atoms with Gasteiger partial charge in [0, 0.05) is 4.47 Å². The summed E-state index contributed by atoms with van der Waals surface area (Å²) in [5.41, 5.74) is 10.5. The Morgan fingerprint density at radius 1 is 1.28 bits per heavy atom. The minimum atomic E-state index is -0.352. The number of benzene rings is 2. The summed E-state index contributed by atoms with van der Waals surface area (Å²) >= 11 is 4.53. The highest BCUT2D eigenvalue weighted by atomic mass is 79.9. The summed E-state index contributed by atoms with van der Waals surface area (Å²) in [6.07, 6.45) is 1.53. The number of hydrogen-bond donors (Lipinski definition) is 2. The van der Waals surface area contributed by atoms with Gasteiger partial charge in [-0.2, -0.15) is 5.10 Å². The smallest absolute Gasteiger partial charge is 0.283 e. The quantitative estimate of drug-likeness (QED) is 0.395. The SMILES string of the molecule is COc1cc(/C=N\NC(=O)c2sc(N)nc2C)ccc1OCc1ccc(Br)cc1. The van der Waals surface area contributed by atoms with Gasteiger partial charge >= 0.3 is 0 Å². The molecule has 1 heterocycles. The predicted molar refractivity (Wildman–Crippen MR) is 118 cm³/mol. The highest BCUT2D eigenvalue weighted by molar-refractivity contribution is 9.10. The fraction of sp³-hybridized carbons (Fsp3) is 0.150. The molecule has 0 aliphatic rings. The third-order valence-electron chi connectivity index (χ3n) is 3.89. The van der Waals surface area contributed by atoms with E-state index in [4.69, 9.17) is 15.2 Å². The number of ether oxygens (including phenoxy) is 2. The lowest BCUT2D eigenvalue weighted by atomic mass is 10.2. The Bertz CT molecular complexity index is 1030. The van der Waals surface area contributed by atoms with Gasteiger partial charge in [-0.05, 0) is 48.4 Å². The van der Waals surface area contributed by atoms with Crippen molar-refractivity contribution in [2.75, 3.05) is 12.8 Å². The molecule has 150 valence electrons. The van der Waals surface area contributed by atoms with Crippen LogP contribution in [-0.4, -0.2) is 24.2 Å². The number of nitrogens with one attached hydrogen (secondary N) is 1. The second-order valence-electron chi connectivity index (χ2n) is 5.99. The van der Waals surface area contributed by atoms with Crippen molar-refractivity contribution in [1.82, 2.24) is 10.4 Å². The third kappa shape index (κ3) is 5.55. The molecule has 0 unspecified atom stereocenters. The number of aromatic nitrogens is 1. The number of nitrogen functional groups attached to an aromatic ring is 1. The van der Waals surface area contributed by atoms with Gasteiger partial charge in [0.2, 0.25) is 0 Å². The monoisotopic (exact) mass is 474 g/mol. The van der Waals surface area contributed by atoms with Crippen molar-refractivity contribution in [3.8, 4) is 11.5 Å². The van der Waals surface area contributed by atoms with E-state index in [2.05, 4.69) is 31.4 Å². The van der Waals surface area contributed by atoms with E-state index in [1.165, 1.54) is 6.21 Å². The number of carbonyl (C=O) groups is 1. The molecular formula is C20H19BrN4O3S. The molecule has 3 rings (SSSR count). The average molecular weight is 475 g/mol. The fourth-order valence-corrected chi connectivity index (χ4v) is 3.46. The van der Waals surface area contributed by atoms with Gasteiger partial charge in [0.15, 0.2) is 16.6 Å². The second-order valence-corrected chi connectivity index (χ2v) is 7.94. The molecule has 0 radical (unpaired) electrons. The molecule has 1 amide bonds. The maximum atomic E-state index is 12.1. The van der Waals surface area contributed by atoms with E-state index in [1.807, 2.05) is 30.3 Å². The molecule has 0 saturated heterocycles. The largest absolute Gasteiger partial charge is 0.493 e. The number of halogens is 1. The Morgan fingerprint density at radius 3 is 2.69 bits per heavy atom. The summed E-state index contributed by atoms with van der Waals surface area (Å²) in [5, 5.41) is 4.34. The first kappa shape index (κ1) is 20.8. The average Bonchev–Trinajstić information content (AvgIpc) is 3.06. The van der Waals surface area contributed by atoms with Crippen LogP contribution in [-0.2, 0) is 6.61 Å². The van der Waals surface area contributed by atoms with Crippen molar-refractivity contribution >= 4 is 44.5 Å². The maximum absolute atomic E-state index is 12.1. The number of nitrogens with two attached hydrogens (primary N) is 1. The molecule has 0 spiro atoms. The number of thiazole rings is 1. The first-order valence-electron chi connectivity index (χ1n) is 8.58. The van der Waals surface area contributed by atoms with Crippen LogP contribution in [0.4, 0.5) is 5.13 Å². The van der Waals surface area contributed by atoms with Gasteiger partial charge in [-0.25, -0.2) is 10.4 Å². The van der Waals surface area contributed by atoms with Crippen LogP contribution in [0.25, 0.3) is 0 Å². The molecule has 0 aliphatic heterocycles. The number of anilines is 1. The summed E-state index contributed by atoms with van der Waals surface area (Å²) in [6.45, 7) is 2.15. The molecule has 1 aromatic heterocycles. The molecule has 9 heteroatoms. The summed E-state index contributed by atoms with van der Waals surface area (Å²) < 4.78 is 12.3. The zero-order valence-electron chi connectivity index (χ0n) is 15.8. The van der Waals surface area contributed by atoms with Gasteiger partial charge in [0.05, 0.1) is 19.0 Å². The Labute approximate surface area is 180 Å². The summed E-state index contributed by atoms with van der Waals surface area (Å²) in [6, 6.07) is 13.3. The molecule has 0 saturated carbocycles. The first-order valence-corrected chi connectivity index (χ1v) is 10.2. The zero-order chi connectivity index (χ0) is 20.8. The standard InChI is InChI=1S/C20H19BrN4O3S/c1-12-18(29-20(22)24-12)19(26)25-23-10-14-5-8-16(17(9-14)27-2)28-11-13-3-6-15(21)7-4-13/h3-10H,11H2,1-2H3,(H2,22,24)(H,25,26)/b23-10-. The Balaban J connectivity index is 1.63. The Hall–Kier alpha value is -2.91. The van der Waals surface area contributed by atoms with Gasteiger partial charge in [-0.3, -0.25) is 4.79 Å². The van der Waals surface area contributed by atoms with E-state index in [1.54, 1.807) is 26.2 Å². The Morgan fingerprint density at radius 2 is 2.03 bits per heavy atom. The van der Waals surface area contributed by atoms with Gasteiger partial charge in [-0.1, -0.05) is 39.4 Å². The lowest BCUT2D eigenvalue weighted by Crippen LogP contribution is -2.17. The summed E-state index contributed by atoms with van der Waals surface area (Å²) in [4.78, 5) is 16.6. The van der Waals surface area contributed by atoms with E-state index in [0.717, 1.165) is 26.9 Å². The van der Waals surface area contributed by atoms with Crippen LogP contribution in [0.15, 0.2) is 52.0 Å². The molecule has 29 heavy (non-hydrogen) atoms. The van der Waals surface area contributed by atoms with E-state index >= 15 is 0 Å². The van der Waals surface area contributed by atoms with E-state index < -0.39 is 0 Å². The van der Waals surface area contributed by atoms with Gasteiger partial charge in [0.1, 0.15) is 11.5 Å². The van der Waals surface area contributed by atoms with Gasteiger partial charge < -0.3 is 15.2 Å². The number of hydrogen-bond acceptors (Lipinski definition) is 7. The van der Waals surface area contributed by atoms with Crippen LogP contribution in [0.2, 0.25) is 0 Å². The van der Waals surface area contributed by atoms with Gasteiger partial charge in [-0.15, -0.1) is 0 Å². The summed E-state index contributed by atoms with van der Waals surface area (Å²) in [7, 11) is 1.57. The molecule has 3 aromatic rings. The lowest BCUT2D eigenvalue weighted by Gasteiger charge is -2.11. The lowest BCUT2D eigenvalue weighted by molar-refractivity contribution is 0.0958. The van der Waals surface area contributed by atoms with Crippen LogP contribution < -0.4 is 20.6 Å². The molecule has 0 bridgehead atoms. The molecule has 0 atom stereocenters. The minimum absolute atomic E-state index is 0.347. The molecule has 0 aliphatic carbocycles. The fourth-order valence-electron chi connectivity index (χ4n) is 2.47. The van der Waals surface area contributed by atoms with Crippen molar-refractivity contribution in [3.63, 3.8) is 0 Å². The molecule has 3 N–H and O–H groups in total. The number of rotatable bonds is 7. The molecular weight excluding hydrogens is 456 g/mol. The minimum Gasteiger partial charge on any atom is -0.493 e. The highest BCUT2D eigenvalue weighted by Crippen LogP contribution is 2.28. The zero-order valence-corrected chi connectivity index (χ0v) is 18.2. The number of carbonyl (C=O) groups excluding carboxylic acids is 1. The number of aryl methyl sites for hydroxylation is 1. The highest BCUT2D eigenvalue weighted by Gasteiger charge is 2.13. The van der Waals surface area contributed by atoms with Crippen molar-refractivity contribution in [2.45, 2.75) is 13.5 Å². The number of amides is 1. The van der Waals surface area contributed by atoms with Crippen LogP contribution in [0.3, 0.4) is 0 Å². The van der Waals surface area contributed by atoms with Crippen molar-refractivity contribution in [1.29, 1.82) is 0 Å². The van der Waals surface area contributed by atoms with Gasteiger partial charge in [0.25, 0.3) is 5.91 Å². The summed E-state index contributed by atoms with van der Waals surface area (Å²) in [5.74, 6) is 0.838. The predicted octanol–water partition coefficient (Wildman–Crippen LogP) is 4.15. The second kappa shape index (κ2) is 9.53. The van der Waals surface area contributed by atoms with Crippen molar-refractivity contribution in [3.05, 3.63) is 68.6 Å². The maximum Gasteiger partial charge on any atom is 0.283 e. The Kier molecular flexibility index (Phi) is 6.84. The molecule has 2 aromatic carbocycles. The molecule has 7 nitrogen and oxygen atoms in total. The topological polar surface area (TPSA) is 98.8 Å². The van der Waals surface area contributed by atoms with Crippen molar-refractivity contribution in [2.24, 2.45) is 5.10 Å². The van der Waals surface area contributed by atoms with E-state index in [0.29, 0.717) is 33.8 Å². The van der Waals surface area contributed by atoms with Crippen molar-refractivity contribution < 1.29 is 14.3 Å². The van der Waals surface area contributed by atoms with E-state index in [9.17, 15) is 4.79 Å². The molecule has 0 fully saturated rings. The number of methoxy groups -OCH3 is 1.